The number of fused-ring (bicyclic) bond motifs is 2. The number of rotatable bonds is 5. The second-order valence-electron chi connectivity index (χ2n) is 8.35. The number of anilines is 1. The number of nitrogens with two attached hydrogens (primary N) is 1. The van der Waals surface area contributed by atoms with Gasteiger partial charge in [-0.3, -0.25) is 0 Å². The molecule has 2 aromatic heterocycles. The molecule has 0 amide bonds. The number of alkyl halides is 2. The van der Waals surface area contributed by atoms with Gasteiger partial charge >= 0.3 is 6.61 Å². The van der Waals surface area contributed by atoms with E-state index in [4.69, 9.17) is 10.7 Å². The number of ether oxygens (including phenoxy) is 1. The van der Waals surface area contributed by atoms with Crippen LogP contribution in [0.3, 0.4) is 0 Å². The monoisotopic (exact) mass is 438 g/mol. The van der Waals surface area contributed by atoms with E-state index < -0.39 is 6.61 Å². The molecule has 0 unspecified atom stereocenters. The van der Waals surface area contributed by atoms with Crippen molar-refractivity contribution in [2.75, 3.05) is 25.9 Å². The minimum atomic E-state index is -2.85. The number of halogens is 2. The highest BCUT2D eigenvalue weighted by atomic mass is 19.3. The quantitative estimate of drug-likeness (QED) is 0.504. The normalized spacial score (nSPS) is 15.8. The van der Waals surface area contributed by atoms with Gasteiger partial charge in [-0.15, -0.1) is 0 Å². The van der Waals surface area contributed by atoms with Crippen LogP contribution in [-0.2, 0) is 6.54 Å². The van der Waals surface area contributed by atoms with Crippen molar-refractivity contribution in [2.45, 2.75) is 26.0 Å². The van der Waals surface area contributed by atoms with Gasteiger partial charge in [0.15, 0.2) is 11.5 Å². The average molecular weight is 438 g/mol. The third-order valence-corrected chi connectivity index (χ3v) is 6.09. The third-order valence-electron chi connectivity index (χ3n) is 6.09. The van der Waals surface area contributed by atoms with Crippen molar-refractivity contribution < 1.29 is 13.5 Å². The molecule has 0 spiro atoms. The van der Waals surface area contributed by atoms with E-state index in [1.165, 1.54) is 6.07 Å². The molecule has 32 heavy (non-hydrogen) atoms. The van der Waals surface area contributed by atoms with Crippen molar-refractivity contribution in [1.29, 1.82) is 0 Å². The lowest BCUT2D eigenvalue weighted by Crippen LogP contribution is -2.32. The fraction of sp³-hybridized carbons (Fsp3) is 0.348. The van der Waals surface area contributed by atoms with Crippen molar-refractivity contribution in [1.82, 2.24) is 24.6 Å². The lowest BCUT2D eigenvalue weighted by atomic mass is 9.97. The average Bonchev–Trinajstić information content (AvgIpc) is 3.18. The van der Waals surface area contributed by atoms with Crippen LogP contribution >= 0.6 is 0 Å². The molecule has 0 aliphatic carbocycles. The summed E-state index contributed by atoms with van der Waals surface area (Å²) in [5.74, 6) is 1.58. The summed E-state index contributed by atoms with van der Waals surface area (Å²) in [5, 5.41) is 6.93. The van der Waals surface area contributed by atoms with Gasteiger partial charge < -0.3 is 15.4 Å². The van der Waals surface area contributed by atoms with Gasteiger partial charge in [0.05, 0.1) is 11.6 Å². The molecule has 4 aromatic rings. The van der Waals surface area contributed by atoms with Gasteiger partial charge in [0.2, 0.25) is 0 Å². The highest BCUT2D eigenvalue weighted by molar-refractivity contribution is 5.90. The zero-order valence-electron chi connectivity index (χ0n) is 17.7. The van der Waals surface area contributed by atoms with Crippen LogP contribution in [0.5, 0.6) is 5.75 Å². The van der Waals surface area contributed by atoms with Gasteiger partial charge in [-0.2, -0.15) is 13.9 Å². The maximum atomic E-state index is 12.5. The van der Waals surface area contributed by atoms with E-state index in [1.807, 2.05) is 22.9 Å². The summed E-state index contributed by atoms with van der Waals surface area (Å²) in [6.45, 7) is 0.132. The molecule has 0 atom stereocenters. The smallest absolute Gasteiger partial charge is 0.387 e. The summed E-state index contributed by atoms with van der Waals surface area (Å²) in [6.07, 6.45) is 3.99. The number of nitrogen functional groups attached to an aromatic ring is 1. The van der Waals surface area contributed by atoms with Crippen LogP contribution in [0, 0.1) is 5.92 Å². The largest absolute Gasteiger partial charge is 0.435 e. The molecule has 2 aromatic carbocycles. The van der Waals surface area contributed by atoms with Crippen molar-refractivity contribution in [3.8, 4) is 17.1 Å². The Balaban J connectivity index is 1.47. The van der Waals surface area contributed by atoms with E-state index in [9.17, 15) is 8.78 Å². The molecule has 0 bridgehead atoms. The van der Waals surface area contributed by atoms with Gasteiger partial charge in [-0.1, -0.05) is 18.2 Å². The Kier molecular flexibility index (Phi) is 5.34. The zero-order chi connectivity index (χ0) is 22.2. The molecular formula is C23H24F2N6O. The topological polar surface area (TPSA) is 82.1 Å². The number of nitrogens with zero attached hydrogens (tertiary/aromatic N) is 5. The molecule has 3 heterocycles. The molecule has 1 aliphatic rings. The number of likely N-dealkylation sites (tertiary alicyclic amines) is 1. The molecule has 1 saturated heterocycles. The fourth-order valence-electron chi connectivity index (χ4n) is 4.27. The Labute approximate surface area is 183 Å². The first-order chi connectivity index (χ1) is 15.5. The molecule has 166 valence electrons. The standard InChI is InChI=1S/C23H24F2N6O/c1-30-8-6-14(7-9-30)13-31-22-19(12-27-31)20(26)28-21(29-22)17-3-2-16-11-18(32-23(24)25)5-4-15(16)10-17/h2-5,10-12,14,23H,6-9,13H2,1H3,(H2,26,28,29). The predicted molar refractivity (Wildman–Crippen MR) is 120 cm³/mol. The fourth-order valence-corrected chi connectivity index (χ4v) is 4.27. The second-order valence-corrected chi connectivity index (χ2v) is 8.35. The first-order valence-electron chi connectivity index (χ1n) is 10.6. The van der Waals surface area contributed by atoms with Crippen LogP contribution in [0.1, 0.15) is 12.8 Å². The van der Waals surface area contributed by atoms with E-state index in [1.54, 1.807) is 18.3 Å². The van der Waals surface area contributed by atoms with Crippen LogP contribution in [0.15, 0.2) is 42.6 Å². The summed E-state index contributed by atoms with van der Waals surface area (Å²) in [5.41, 5.74) is 7.76. The number of benzene rings is 2. The Hall–Kier alpha value is -3.33. The summed E-state index contributed by atoms with van der Waals surface area (Å²) in [4.78, 5) is 11.6. The van der Waals surface area contributed by atoms with Crippen molar-refractivity contribution in [3.63, 3.8) is 0 Å². The minimum Gasteiger partial charge on any atom is -0.435 e. The molecule has 2 N–H and O–H groups in total. The van der Waals surface area contributed by atoms with E-state index in [0.717, 1.165) is 59.8 Å². The lowest BCUT2D eigenvalue weighted by Gasteiger charge is -2.28. The third kappa shape index (κ3) is 4.08. The van der Waals surface area contributed by atoms with Crippen LogP contribution in [-0.4, -0.2) is 51.4 Å². The molecule has 0 saturated carbocycles. The Morgan fingerprint density at radius 2 is 1.84 bits per heavy atom. The van der Waals surface area contributed by atoms with E-state index in [-0.39, 0.29) is 5.75 Å². The van der Waals surface area contributed by atoms with Crippen LogP contribution in [0.4, 0.5) is 14.6 Å². The SMILES string of the molecule is CN1CCC(Cn2ncc3c(N)nc(-c4ccc5cc(OC(F)F)ccc5c4)nc32)CC1. The van der Waals surface area contributed by atoms with Crippen LogP contribution in [0.2, 0.25) is 0 Å². The number of aromatic nitrogens is 4. The summed E-state index contributed by atoms with van der Waals surface area (Å²) < 4.78 is 31.4. The van der Waals surface area contributed by atoms with E-state index in [0.29, 0.717) is 17.6 Å². The van der Waals surface area contributed by atoms with E-state index >= 15 is 0 Å². The maximum Gasteiger partial charge on any atom is 0.387 e. The number of hydrogen-bond donors (Lipinski definition) is 1. The zero-order valence-corrected chi connectivity index (χ0v) is 17.7. The van der Waals surface area contributed by atoms with Gasteiger partial charge in [0.25, 0.3) is 0 Å². The van der Waals surface area contributed by atoms with Crippen LogP contribution in [0.25, 0.3) is 33.2 Å². The Morgan fingerprint density at radius 1 is 1.09 bits per heavy atom. The molecule has 1 fully saturated rings. The highest BCUT2D eigenvalue weighted by Gasteiger charge is 2.20. The molecule has 0 radical (unpaired) electrons. The second kappa shape index (κ2) is 8.31. The van der Waals surface area contributed by atoms with Gasteiger partial charge in [0.1, 0.15) is 11.6 Å². The molecule has 9 heteroatoms. The summed E-state index contributed by atoms with van der Waals surface area (Å²) in [7, 11) is 2.15. The van der Waals surface area contributed by atoms with Gasteiger partial charge in [-0.25, -0.2) is 14.6 Å². The number of piperidine rings is 1. The van der Waals surface area contributed by atoms with Crippen molar-refractivity contribution >= 4 is 27.6 Å². The minimum absolute atomic E-state index is 0.125. The Bertz CT molecular complexity index is 1270. The van der Waals surface area contributed by atoms with Crippen molar-refractivity contribution in [3.05, 3.63) is 42.6 Å². The Morgan fingerprint density at radius 3 is 2.62 bits per heavy atom. The first kappa shape index (κ1) is 20.6. The van der Waals surface area contributed by atoms with Gasteiger partial charge in [0, 0.05) is 12.1 Å². The summed E-state index contributed by atoms with van der Waals surface area (Å²) in [6, 6.07) is 10.5. The molecular weight excluding hydrogens is 414 g/mol. The maximum absolute atomic E-state index is 12.5. The first-order valence-corrected chi connectivity index (χ1v) is 10.6. The van der Waals surface area contributed by atoms with Crippen molar-refractivity contribution in [2.24, 2.45) is 5.92 Å². The molecule has 7 nitrogen and oxygen atoms in total. The van der Waals surface area contributed by atoms with Gasteiger partial charge in [-0.05, 0) is 67.9 Å². The van der Waals surface area contributed by atoms with E-state index in [2.05, 4.69) is 26.8 Å². The molecule has 1 aliphatic heterocycles. The highest BCUT2D eigenvalue weighted by Crippen LogP contribution is 2.29. The van der Waals surface area contributed by atoms with Crippen LogP contribution < -0.4 is 10.5 Å². The predicted octanol–water partition coefficient (Wildman–Crippen LogP) is 4.17. The number of hydrogen-bond acceptors (Lipinski definition) is 6. The summed E-state index contributed by atoms with van der Waals surface area (Å²) >= 11 is 0. The lowest BCUT2D eigenvalue weighted by molar-refractivity contribution is -0.0497. The molecule has 5 rings (SSSR count).